The normalized spacial score (nSPS) is 10.9. The number of nitrogens with zero attached hydrogens (tertiary/aromatic N) is 4. The van der Waals surface area contributed by atoms with Crippen LogP contribution >= 0.6 is 0 Å². The number of pyridine rings is 1. The second-order valence-electron chi connectivity index (χ2n) is 6.24. The number of hydrogen-bond acceptors (Lipinski definition) is 5. The van der Waals surface area contributed by atoms with E-state index in [2.05, 4.69) is 27.1 Å². The van der Waals surface area contributed by atoms with Crippen LogP contribution in [0.25, 0.3) is 11.1 Å². The van der Waals surface area contributed by atoms with E-state index in [9.17, 15) is 4.79 Å². The number of benzene rings is 1. The minimum absolute atomic E-state index is 0.181. The van der Waals surface area contributed by atoms with Crippen molar-refractivity contribution in [3.05, 3.63) is 72.8 Å². The zero-order valence-corrected chi connectivity index (χ0v) is 15.5. The smallest absolute Gasteiger partial charge is 0.307 e. The van der Waals surface area contributed by atoms with Crippen LogP contribution in [-0.4, -0.2) is 38.8 Å². The molecule has 0 radical (unpaired) electrons. The molecule has 140 valence electrons. The van der Waals surface area contributed by atoms with Crippen molar-refractivity contribution in [2.75, 3.05) is 13.2 Å². The molecule has 6 nitrogen and oxygen atoms in total. The maximum atomic E-state index is 11.8. The summed E-state index contributed by atoms with van der Waals surface area (Å²) in [7, 11) is 0. The van der Waals surface area contributed by atoms with Gasteiger partial charge in [-0.25, -0.2) is 0 Å². The zero-order chi connectivity index (χ0) is 18.9. The van der Waals surface area contributed by atoms with Crippen molar-refractivity contribution in [2.45, 2.75) is 26.6 Å². The van der Waals surface area contributed by atoms with Crippen molar-refractivity contribution in [3.8, 4) is 11.1 Å². The van der Waals surface area contributed by atoms with Crippen molar-refractivity contribution in [1.29, 1.82) is 0 Å². The van der Waals surface area contributed by atoms with E-state index in [0.29, 0.717) is 32.8 Å². The molecular formula is C21H24N4O2. The highest BCUT2D eigenvalue weighted by atomic mass is 16.5. The number of hydrogen-bond donors (Lipinski definition) is 0. The third kappa shape index (κ3) is 5.76. The first-order chi connectivity index (χ1) is 13.2. The van der Waals surface area contributed by atoms with Crippen molar-refractivity contribution < 1.29 is 9.53 Å². The van der Waals surface area contributed by atoms with Crippen molar-refractivity contribution in [2.24, 2.45) is 0 Å². The number of carbonyl (C=O) groups is 1. The third-order valence-electron chi connectivity index (χ3n) is 4.15. The predicted molar refractivity (Wildman–Crippen MR) is 104 cm³/mol. The molecule has 27 heavy (non-hydrogen) atoms. The Morgan fingerprint density at radius 3 is 2.70 bits per heavy atom. The van der Waals surface area contributed by atoms with E-state index in [1.54, 1.807) is 6.20 Å². The van der Waals surface area contributed by atoms with Gasteiger partial charge in [0.05, 0.1) is 25.9 Å². The minimum atomic E-state index is -0.181. The first-order valence-corrected chi connectivity index (χ1v) is 9.09. The molecule has 0 aliphatic heterocycles. The van der Waals surface area contributed by atoms with E-state index in [1.807, 2.05) is 60.5 Å². The minimum Gasteiger partial charge on any atom is -0.466 e. The van der Waals surface area contributed by atoms with E-state index in [-0.39, 0.29) is 5.97 Å². The molecule has 2 aromatic heterocycles. The molecule has 0 spiro atoms. The Morgan fingerprint density at radius 1 is 1.11 bits per heavy atom. The molecule has 6 heteroatoms. The Bertz CT molecular complexity index is 834. The Kier molecular flexibility index (Phi) is 6.71. The van der Waals surface area contributed by atoms with Crippen LogP contribution in [0.5, 0.6) is 0 Å². The number of carbonyl (C=O) groups excluding carboxylic acids is 1. The number of esters is 1. The summed E-state index contributed by atoms with van der Waals surface area (Å²) in [6.45, 7) is 4.09. The lowest BCUT2D eigenvalue weighted by Gasteiger charge is -2.21. The highest BCUT2D eigenvalue weighted by molar-refractivity contribution is 5.69. The van der Waals surface area contributed by atoms with E-state index in [1.165, 1.54) is 0 Å². The van der Waals surface area contributed by atoms with Gasteiger partial charge in [-0.2, -0.15) is 5.10 Å². The summed E-state index contributed by atoms with van der Waals surface area (Å²) in [6, 6.07) is 14.1. The quantitative estimate of drug-likeness (QED) is 0.545. The summed E-state index contributed by atoms with van der Waals surface area (Å²) in [5, 5.41) is 4.48. The van der Waals surface area contributed by atoms with E-state index < -0.39 is 0 Å². The second-order valence-corrected chi connectivity index (χ2v) is 6.24. The molecular weight excluding hydrogens is 340 g/mol. The summed E-state index contributed by atoms with van der Waals surface area (Å²) in [4.78, 5) is 18.1. The third-order valence-corrected chi connectivity index (χ3v) is 4.15. The highest BCUT2D eigenvalue weighted by Gasteiger charge is 2.12. The fourth-order valence-electron chi connectivity index (χ4n) is 2.86. The lowest BCUT2D eigenvalue weighted by Crippen LogP contribution is -2.29. The summed E-state index contributed by atoms with van der Waals surface area (Å²) in [6.07, 6.45) is 7.84. The zero-order valence-electron chi connectivity index (χ0n) is 15.5. The second kappa shape index (κ2) is 9.64. The van der Waals surface area contributed by atoms with Crippen molar-refractivity contribution >= 4 is 5.97 Å². The van der Waals surface area contributed by atoms with Crippen LogP contribution in [0, 0.1) is 0 Å². The van der Waals surface area contributed by atoms with Gasteiger partial charge >= 0.3 is 5.97 Å². The van der Waals surface area contributed by atoms with Crippen LogP contribution < -0.4 is 0 Å². The summed E-state index contributed by atoms with van der Waals surface area (Å²) in [5.74, 6) is -0.181. The Labute approximate surface area is 159 Å². The van der Waals surface area contributed by atoms with E-state index in [0.717, 1.165) is 16.7 Å². The lowest BCUT2D eigenvalue weighted by molar-refractivity contribution is -0.143. The van der Waals surface area contributed by atoms with Gasteiger partial charge < -0.3 is 4.74 Å². The van der Waals surface area contributed by atoms with Gasteiger partial charge in [0.2, 0.25) is 0 Å². The lowest BCUT2D eigenvalue weighted by atomic mass is 10.1. The molecule has 3 aromatic rings. The summed E-state index contributed by atoms with van der Waals surface area (Å²) in [5.41, 5.74) is 3.30. The van der Waals surface area contributed by atoms with Crippen LogP contribution in [0.1, 0.15) is 18.9 Å². The predicted octanol–water partition coefficient (Wildman–Crippen LogP) is 3.36. The van der Waals surface area contributed by atoms with Gasteiger partial charge in [0.25, 0.3) is 0 Å². The van der Waals surface area contributed by atoms with Gasteiger partial charge in [0, 0.05) is 37.2 Å². The van der Waals surface area contributed by atoms with Crippen LogP contribution in [0.15, 0.2) is 67.3 Å². The molecule has 0 atom stereocenters. The molecule has 1 aromatic carbocycles. The van der Waals surface area contributed by atoms with Crippen molar-refractivity contribution in [3.63, 3.8) is 0 Å². The first kappa shape index (κ1) is 18.8. The topological polar surface area (TPSA) is 60.2 Å². The maximum absolute atomic E-state index is 11.8. The SMILES string of the molecule is CCOC(=O)CCN(Cc1cccnc1)Cn1cc(-c2ccccc2)cn1. The van der Waals surface area contributed by atoms with Gasteiger partial charge in [-0.1, -0.05) is 36.4 Å². The van der Waals surface area contributed by atoms with E-state index >= 15 is 0 Å². The highest BCUT2D eigenvalue weighted by Crippen LogP contribution is 2.18. The fourth-order valence-corrected chi connectivity index (χ4v) is 2.86. The van der Waals surface area contributed by atoms with Gasteiger partial charge in [-0.15, -0.1) is 0 Å². The number of ether oxygens (including phenoxy) is 1. The van der Waals surface area contributed by atoms with Gasteiger partial charge in [0.1, 0.15) is 0 Å². The standard InChI is InChI=1S/C21H24N4O2/c1-2-27-21(26)10-12-24(15-18-7-6-11-22-13-18)17-25-16-20(14-23-25)19-8-4-3-5-9-19/h3-9,11,13-14,16H,2,10,12,15,17H2,1H3. The molecule has 3 rings (SSSR count). The first-order valence-electron chi connectivity index (χ1n) is 9.09. The molecule has 2 heterocycles. The monoisotopic (exact) mass is 364 g/mol. The fraction of sp³-hybridized carbons (Fsp3) is 0.286. The average molecular weight is 364 g/mol. The van der Waals surface area contributed by atoms with Crippen LogP contribution in [0.3, 0.4) is 0 Å². The molecule has 0 unspecified atom stereocenters. The molecule has 0 fully saturated rings. The molecule has 0 bridgehead atoms. The molecule has 0 N–H and O–H groups in total. The Morgan fingerprint density at radius 2 is 1.96 bits per heavy atom. The summed E-state index contributed by atoms with van der Waals surface area (Å²) >= 11 is 0. The van der Waals surface area contributed by atoms with Crippen LogP contribution in [0.4, 0.5) is 0 Å². The van der Waals surface area contributed by atoms with E-state index in [4.69, 9.17) is 4.74 Å². The van der Waals surface area contributed by atoms with Gasteiger partial charge in [0.15, 0.2) is 0 Å². The van der Waals surface area contributed by atoms with Crippen LogP contribution in [0.2, 0.25) is 0 Å². The Balaban J connectivity index is 1.68. The number of rotatable bonds is 9. The Hall–Kier alpha value is -2.99. The number of aromatic nitrogens is 3. The maximum Gasteiger partial charge on any atom is 0.307 e. The molecule has 0 aliphatic carbocycles. The molecule has 0 saturated carbocycles. The molecule has 0 saturated heterocycles. The van der Waals surface area contributed by atoms with Gasteiger partial charge in [-0.3, -0.25) is 19.4 Å². The van der Waals surface area contributed by atoms with Gasteiger partial charge in [-0.05, 0) is 24.1 Å². The molecule has 0 amide bonds. The van der Waals surface area contributed by atoms with Crippen molar-refractivity contribution in [1.82, 2.24) is 19.7 Å². The van der Waals surface area contributed by atoms with Crippen LogP contribution in [-0.2, 0) is 22.7 Å². The average Bonchev–Trinajstić information content (AvgIpc) is 3.16. The molecule has 0 aliphatic rings. The summed E-state index contributed by atoms with van der Waals surface area (Å²) < 4.78 is 6.95. The largest absolute Gasteiger partial charge is 0.466 e.